The van der Waals surface area contributed by atoms with E-state index in [1.165, 1.54) is 4.90 Å². The fourth-order valence-electron chi connectivity index (χ4n) is 9.89. The van der Waals surface area contributed by atoms with Crippen LogP contribution in [0.4, 0.5) is 5.82 Å². The number of carbonyl (C=O) groups is 3. The molecule has 9 rings (SSSR count). The zero-order valence-electron chi connectivity index (χ0n) is 41.5. The summed E-state index contributed by atoms with van der Waals surface area (Å²) in [6.45, 7) is 14.7. The Morgan fingerprint density at radius 3 is 2.32 bits per heavy atom. The number of nitrogens with zero attached hydrogens (tertiary/aromatic N) is 8. The molecule has 3 unspecified atom stereocenters. The maximum atomic E-state index is 14.4. The fraction of sp³-hybridized carbons (Fsp3) is 0.453. The van der Waals surface area contributed by atoms with E-state index >= 15 is 0 Å². The molecule has 0 saturated carbocycles. The van der Waals surface area contributed by atoms with E-state index in [1.54, 1.807) is 23.7 Å². The molecule has 0 radical (unpaired) electrons. The molecule has 3 aliphatic heterocycles. The molecule has 19 heteroatoms. The second-order valence-electron chi connectivity index (χ2n) is 20.1. The van der Waals surface area contributed by atoms with E-state index in [1.807, 2.05) is 113 Å². The minimum atomic E-state index is -0.929. The Hall–Kier alpha value is -5.69. The minimum Gasteiger partial charge on any atom is -0.486 e. The van der Waals surface area contributed by atoms with E-state index in [0.29, 0.717) is 54.1 Å². The number of halogens is 2. The lowest BCUT2D eigenvalue weighted by Crippen LogP contribution is -2.59. The molecule has 72 heavy (non-hydrogen) atoms. The topological polar surface area (TPSA) is 180 Å². The summed E-state index contributed by atoms with van der Waals surface area (Å²) in [5.74, 6) is 0.405. The summed E-state index contributed by atoms with van der Waals surface area (Å²) < 4.78 is 14.6. The molecule has 0 bridgehead atoms. The third-order valence-corrected chi connectivity index (χ3v) is 15.4. The first-order valence-corrected chi connectivity index (χ1v) is 26.3. The van der Waals surface area contributed by atoms with E-state index in [9.17, 15) is 19.5 Å². The molecule has 7 heterocycles. The number of ether oxygens (including phenoxy) is 2. The minimum absolute atomic E-state index is 0.00215. The average Bonchev–Trinajstić information content (AvgIpc) is 4.09. The number of carbonyl (C=O) groups excluding carboxylic acids is 3. The van der Waals surface area contributed by atoms with Crippen molar-refractivity contribution in [3.05, 3.63) is 106 Å². The number of rotatable bonds is 14. The van der Waals surface area contributed by atoms with Gasteiger partial charge in [-0.15, -0.1) is 11.3 Å². The van der Waals surface area contributed by atoms with Crippen molar-refractivity contribution >= 4 is 69.0 Å². The number of aliphatic hydroxyl groups is 1. The molecule has 6 aromatic rings. The van der Waals surface area contributed by atoms with Gasteiger partial charge in [0.2, 0.25) is 17.7 Å². The first kappa shape index (κ1) is 51.2. The molecule has 380 valence electrons. The summed E-state index contributed by atoms with van der Waals surface area (Å²) >= 11 is 14.5. The number of hydrogen-bond acceptors (Lipinski definition) is 13. The maximum absolute atomic E-state index is 14.4. The van der Waals surface area contributed by atoms with Crippen molar-refractivity contribution in [2.75, 3.05) is 50.8 Å². The molecule has 2 aromatic carbocycles. The van der Waals surface area contributed by atoms with Crippen LogP contribution in [0.15, 0.2) is 78.7 Å². The summed E-state index contributed by atoms with van der Waals surface area (Å²) in [5, 5.41) is 23.7. The predicted molar refractivity (Wildman–Crippen MR) is 280 cm³/mol. The molecule has 4 aromatic heterocycles. The number of β-amino-alcohol motifs (C(OH)–C–C–N with tert-alkyl or cyclic N) is 1. The summed E-state index contributed by atoms with van der Waals surface area (Å²) in [5.41, 5.74) is 7.26. The monoisotopic (exact) mass is 1040 g/mol. The van der Waals surface area contributed by atoms with E-state index in [4.69, 9.17) is 42.8 Å². The maximum Gasteiger partial charge on any atom is 0.246 e. The largest absolute Gasteiger partial charge is 0.486 e. The molecule has 3 saturated heterocycles. The molecular weight excluding hydrogens is 976 g/mol. The van der Waals surface area contributed by atoms with Gasteiger partial charge in [-0.05, 0) is 86.9 Å². The van der Waals surface area contributed by atoms with Crippen LogP contribution in [0.5, 0.6) is 5.75 Å². The standard InChI is InChI=1S/C53H62Cl2N10O6S/c1-31(34-10-12-35(13-11-34)49-32(2)58-30-72-49)59-51(68)43-23-37(66)28-64(43)52(69)50(53(4,5)6)60-45(67)29-62-18-20-63(21-19-62)44-17-14-36(25-57-44)48-39-24-38(71-33(3)47-40(54)26-56-27-41(47)55)15-16-42(39)65(61-48)46-9-7-8-22-70-46/h10-17,24-27,30-31,33,37,43,46,50,66H,7-9,18-23,28-29H2,1-6H3,(H,59,68)(H,60,67)/t31-,33+,37?,43?,46?,50+/m0/s1. The third kappa shape index (κ3) is 11.3. The van der Waals surface area contributed by atoms with Crippen LogP contribution in [0.1, 0.15) is 95.5 Å². The number of piperazine rings is 1. The second-order valence-corrected chi connectivity index (χ2v) is 21.8. The Kier molecular flexibility index (Phi) is 15.5. The molecule has 3 N–H and O–H groups in total. The average molecular weight is 1040 g/mol. The van der Waals surface area contributed by atoms with Crippen LogP contribution in [0.3, 0.4) is 0 Å². The number of fused-ring (bicyclic) bond motifs is 1. The predicted octanol–water partition coefficient (Wildman–Crippen LogP) is 8.56. The number of pyridine rings is 2. The van der Waals surface area contributed by atoms with Gasteiger partial charge in [-0.3, -0.25) is 24.3 Å². The molecular formula is C53H62Cl2N10O6S. The van der Waals surface area contributed by atoms with Gasteiger partial charge in [0, 0.05) is 80.9 Å². The van der Waals surface area contributed by atoms with Crippen LogP contribution in [0.25, 0.3) is 32.6 Å². The normalized spacial score (nSPS) is 20.0. The van der Waals surface area contributed by atoms with Crippen molar-refractivity contribution in [3.8, 4) is 27.4 Å². The molecule has 16 nitrogen and oxygen atoms in total. The zero-order valence-corrected chi connectivity index (χ0v) is 43.8. The number of anilines is 1. The van der Waals surface area contributed by atoms with Crippen molar-refractivity contribution in [2.24, 2.45) is 5.41 Å². The summed E-state index contributed by atoms with van der Waals surface area (Å²) in [4.78, 5) is 62.0. The van der Waals surface area contributed by atoms with E-state index in [0.717, 1.165) is 68.9 Å². The van der Waals surface area contributed by atoms with Gasteiger partial charge in [0.25, 0.3) is 0 Å². The van der Waals surface area contributed by atoms with Gasteiger partial charge in [-0.25, -0.2) is 14.6 Å². The lowest BCUT2D eigenvalue weighted by molar-refractivity contribution is -0.144. The van der Waals surface area contributed by atoms with Gasteiger partial charge in [0.15, 0.2) is 6.23 Å². The first-order chi connectivity index (χ1) is 34.5. The number of likely N-dealkylation sites (tertiary alicyclic amines) is 1. The Labute approximate surface area is 434 Å². The molecule has 3 aliphatic rings. The number of amides is 3. The van der Waals surface area contributed by atoms with Crippen LogP contribution in [-0.4, -0.2) is 121 Å². The van der Waals surface area contributed by atoms with Crippen LogP contribution in [0.2, 0.25) is 10.0 Å². The Morgan fingerprint density at radius 2 is 1.67 bits per heavy atom. The van der Waals surface area contributed by atoms with Gasteiger partial charge in [0.05, 0.1) is 50.3 Å². The van der Waals surface area contributed by atoms with Crippen LogP contribution in [0, 0.1) is 12.3 Å². The Morgan fingerprint density at radius 1 is 0.931 bits per heavy atom. The number of aryl methyl sites for hydroxylation is 1. The van der Waals surface area contributed by atoms with Crippen LogP contribution in [-0.2, 0) is 19.1 Å². The highest BCUT2D eigenvalue weighted by Gasteiger charge is 2.45. The number of nitrogens with one attached hydrogen (secondary N) is 2. The van der Waals surface area contributed by atoms with E-state index < -0.39 is 35.6 Å². The van der Waals surface area contributed by atoms with Crippen LogP contribution < -0.4 is 20.3 Å². The highest BCUT2D eigenvalue weighted by Crippen LogP contribution is 2.38. The lowest BCUT2D eigenvalue weighted by atomic mass is 9.85. The molecule has 3 fully saturated rings. The highest BCUT2D eigenvalue weighted by molar-refractivity contribution is 7.13. The summed E-state index contributed by atoms with van der Waals surface area (Å²) in [7, 11) is 0. The quantitative estimate of drug-likeness (QED) is 0.0948. The van der Waals surface area contributed by atoms with Gasteiger partial charge < -0.3 is 35.0 Å². The van der Waals surface area contributed by atoms with Crippen LogP contribution >= 0.6 is 34.5 Å². The highest BCUT2D eigenvalue weighted by atomic mass is 35.5. The van der Waals surface area contributed by atoms with Crippen molar-refractivity contribution in [1.29, 1.82) is 0 Å². The van der Waals surface area contributed by atoms with Gasteiger partial charge in [0.1, 0.15) is 35.4 Å². The fourth-order valence-corrected chi connectivity index (χ4v) is 11.4. The van der Waals surface area contributed by atoms with E-state index in [-0.39, 0.29) is 43.6 Å². The molecule has 3 amide bonds. The SMILES string of the molecule is Cc1ncsc1-c1ccc([C@H](C)NC(=O)C2CC(O)CN2C(=O)[C@@H](NC(=O)CN2CCN(c3ccc(-c4nn(C5CCCCO5)c5ccc(O[C@H](C)c6c(Cl)cncc6Cl)cc45)cn3)CC2)C(C)(C)C)cc1. The number of aromatic nitrogens is 5. The number of thiazole rings is 1. The van der Waals surface area contributed by atoms with Crippen molar-refractivity contribution in [2.45, 2.75) is 104 Å². The molecule has 0 aliphatic carbocycles. The third-order valence-electron chi connectivity index (χ3n) is 13.9. The van der Waals surface area contributed by atoms with Crippen molar-refractivity contribution in [3.63, 3.8) is 0 Å². The van der Waals surface area contributed by atoms with Gasteiger partial charge >= 0.3 is 0 Å². The van der Waals surface area contributed by atoms with Gasteiger partial charge in [-0.2, -0.15) is 5.10 Å². The van der Waals surface area contributed by atoms with Gasteiger partial charge in [-0.1, -0.05) is 68.2 Å². The number of benzene rings is 2. The first-order valence-electron chi connectivity index (χ1n) is 24.6. The number of hydrogen-bond donors (Lipinski definition) is 3. The van der Waals surface area contributed by atoms with Crippen molar-refractivity contribution < 1.29 is 29.0 Å². The Bertz CT molecular complexity index is 2880. The van der Waals surface area contributed by atoms with Crippen molar-refractivity contribution in [1.82, 2.24) is 45.2 Å². The summed E-state index contributed by atoms with van der Waals surface area (Å²) in [6, 6.07) is 15.8. The Balaban J connectivity index is 0.818. The lowest BCUT2D eigenvalue weighted by Gasteiger charge is -2.37. The smallest absolute Gasteiger partial charge is 0.246 e. The summed E-state index contributed by atoms with van der Waals surface area (Å²) in [6.07, 6.45) is 6.49. The zero-order chi connectivity index (χ0) is 50.8. The van der Waals surface area contributed by atoms with E-state index in [2.05, 4.69) is 30.4 Å². The molecule has 0 spiro atoms. The number of aliphatic hydroxyl groups excluding tert-OH is 1. The molecule has 6 atom stereocenters. The second kappa shape index (κ2) is 21.8.